The average Bonchev–Trinajstić information content (AvgIpc) is 2.72. The van der Waals surface area contributed by atoms with Gasteiger partial charge < -0.3 is 15.0 Å². The topological polar surface area (TPSA) is 134 Å². The molecular weight excluding hydrogens is 417 g/mol. The number of amides is 1. The summed E-state index contributed by atoms with van der Waals surface area (Å²) in [6.45, 7) is 1.52. The molecule has 12 heteroatoms. The van der Waals surface area contributed by atoms with Crippen molar-refractivity contribution in [1.82, 2.24) is 25.3 Å². The van der Waals surface area contributed by atoms with Crippen LogP contribution in [0.15, 0.2) is 29.5 Å². The van der Waals surface area contributed by atoms with Crippen LogP contribution in [0.25, 0.3) is 10.9 Å². The van der Waals surface area contributed by atoms with Gasteiger partial charge in [0.15, 0.2) is 0 Å². The maximum absolute atomic E-state index is 13.9. The highest BCUT2D eigenvalue weighted by Crippen LogP contribution is 2.38. The second-order valence-electron chi connectivity index (χ2n) is 6.46. The smallest absolute Gasteiger partial charge is 0.417 e. The number of aromatic nitrogens is 4. The number of nitrogens with zero attached hydrogens (tertiary/aromatic N) is 4. The predicted molar refractivity (Wildman–Crippen MR) is 101 cm³/mol. The molecule has 1 amide bonds. The molecule has 9 nitrogen and oxygen atoms in total. The van der Waals surface area contributed by atoms with E-state index in [1.807, 2.05) is 6.07 Å². The summed E-state index contributed by atoms with van der Waals surface area (Å²) in [6, 6.07) is 2.28. The second-order valence-corrected chi connectivity index (χ2v) is 6.46. The molecule has 3 aromatic rings. The summed E-state index contributed by atoms with van der Waals surface area (Å²) in [5.41, 5.74) is -3.01. The van der Waals surface area contributed by atoms with Crippen molar-refractivity contribution in [2.75, 3.05) is 7.11 Å². The first-order chi connectivity index (χ1) is 14.7. The first-order valence-corrected chi connectivity index (χ1v) is 8.82. The van der Waals surface area contributed by atoms with Gasteiger partial charge in [0.1, 0.15) is 11.9 Å². The normalized spacial score (nSPS) is 12.3. The number of carbonyl (C=O) groups is 1. The van der Waals surface area contributed by atoms with Crippen LogP contribution in [0.1, 0.15) is 35.5 Å². The van der Waals surface area contributed by atoms with E-state index < -0.39 is 46.6 Å². The molecule has 3 heterocycles. The number of alkyl halides is 3. The number of nitriles is 1. The molecule has 1 atom stereocenters. The zero-order valence-electron chi connectivity index (χ0n) is 16.2. The maximum atomic E-state index is 13.9. The number of hydrogen-bond donors (Lipinski definition) is 2. The number of ether oxygens (including phenoxy) is 1. The number of nitrogens with one attached hydrogen (secondary N) is 2. The van der Waals surface area contributed by atoms with Crippen LogP contribution in [0, 0.1) is 11.3 Å². The van der Waals surface area contributed by atoms with E-state index in [0.717, 1.165) is 7.11 Å². The van der Waals surface area contributed by atoms with Crippen molar-refractivity contribution in [3.05, 3.63) is 57.5 Å². The van der Waals surface area contributed by atoms with Gasteiger partial charge in [-0.15, -0.1) is 0 Å². The Labute approximate surface area is 172 Å². The minimum atomic E-state index is -4.94. The lowest BCUT2D eigenvalue weighted by atomic mass is 10.0. The van der Waals surface area contributed by atoms with Crippen LogP contribution >= 0.6 is 0 Å². The molecule has 0 fully saturated rings. The quantitative estimate of drug-likeness (QED) is 0.630. The minimum Gasteiger partial charge on any atom is -0.480 e. The molecule has 31 heavy (non-hydrogen) atoms. The minimum absolute atomic E-state index is 0.118. The summed E-state index contributed by atoms with van der Waals surface area (Å²) in [5, 5.41) is 10.8. The molecule has 0 aliphatic heterocycles. The van der Waals surface area contributed by atoms with E-state index in [2.05, 4.69) is 25.3 Å². The van der Waals surface area contributed by atoms with E-state index in [1.165, 1.54) is 31.6 Å². The molecule has 0 aliphatic rings. The molecule has 0 saturated carbocycles. The van der Waals surface area contributed by atoms with Gasteiger partial charge in [-0.05, 0) is 13.0 Å². The number of pyridine rings is 2. The Morgan fingerprint density at radius 3 is 2.58 bits per heavy atom. The van der Waals surface area contributed by atoms with Gasteiger partial charge in [-0.1, -0.05) is 0 Å². The van der Waals surface area contributed by atoms with Crippen LogP contribution in [0.2, 0.25) is 0 Å². The van der Waals surface area contributed by atoms with Gasteiger partial charge in [0.05, 0.1) is 41.6 Å². The van der Waals surface area contributed by atoms with Crippen molar-refractivity contribution in [2.24, 2.45) is 0 Å². The Bertz CT molecular complexity index is 1230. The van der Waals surface area contributed by atoms with E-state index in [9.17, 15) is 22.8 Å². The van der Waals surface area contributed by atoms with Crippen LogP contribution in [0.4, 0.5) is 13.2 Å². The maximum Gasteiger partial charge on any atom is 0.417 e. The monoisotopic (exact) mass is 432 g/mol. The molecule has 3 aromatic heterocycles. The van der Waals surface area contributed by atoms with E-state index in [-0.39, 0.29) is 22.8 Å². The van der Waals surface area contributed by atoms with Gasteiger partial charge in [0, 0.05) is 24.2 Å². The lowest BCUT2D eigenvalue weighted by Gasteiger charge is -2.17. The van der Waals surface area contributed by atoms with Crippen molar-refractivity contribution in [2.45, 2.75) is 25.6 Å². The van der Waals surface area contributed by atoms with E-state index in [1.54, 1.807) is 0 Å². The van der Waals surface area contributed by atoms with Gasteiger partial charge in [-0.2, -0.15) is 18.4 Å². The molecule has 160 valence electrons. The lowest BCUT2D eigenvalue weighted by Crippen LogP contribution is -2.32. The Kier molecular flexibility index (Phi) is 5.87. The van der Waals surface area contributed by atoms with Gasteiger partial charge in [-0.25, -0.2) is 15.0 Å². The summed E-state index contributed by atoms with van der Waals surface area (Å²) in [4.78, 5) is 38.8. The van der Waals surface area contributed by atoms with Crippen LogP contribution in [0.5, 0.6) is 5.88 Å². The fourth-order valence-electron chi connectivity index (χ4n) is 3.02. The predicted octanol–water partition coefficient (Wildman–Crippen LogP) is 2.03. The molecule has 0 aliphatic carbocycles. The molecule has 3 rings (SSSR count). The lowest BCUT2D eigenvalue weighted by molar-refractivity contribution is -0.137. The zero-order valence-corrected chi connectivity index (χ0v) is 16.2. The number of hydrogen-bond acceptors (Lipinski definition) is 7. The number of methoxy groups -OCH3 is 1. The Morgan fingerprint density at radius 2 is 2.00 bits per heavy atom. The number of H-pyrrole nitrogens is 1. The molecule has 0 spiro atoms. The molecule has 0 bridgehead atoms. The van der Waals surface area contributed by atoms with E-state index in [4.69, 9.17) is 10.00 Å². The van der Waals surface area contributed by atoms with Crippen LogP contribution in [0.3, 0.4) is 0 Å². The summed E-state index contributed by atoms with van der Waals surface area (Å²) < 4.78 is 46.7. The molecule has 2 N–H and O–H groups in total. The van der Waals surface area contributed by atoms with Crippen molar-refractivity contribution < 1.29 is 22.7 Å². The summed E-state index contributed by atoms with van der Waals surface area (Å²) in [5.74, 6) is -1.03. The first kappa shape index (κ1) is 21.7. The number of carbonyl (C=O) groups excluding carboxylic acids is 1. The summed E-state index contributed by atoms with van der Waals surface area (Å²) in [7, 11) is 1.15. The Hall–Kier alpha value is -4.01. The van der Waals surface area contributed by atoms with Crippen LogP contribution < -0.4 is 15.6 Å². The highest BCUT2D eigenvalue weighted by atomic mass is 19.4. The molecular formula is C19H15F3N6O3. The average molecular weight is 432 g/mol. The van der Waals surface area contributed by atoms with Gasteiger partial charge in [0.25, 0.3) is 5.56 Å². The van der Waals surface area contributed by atoms with Gasteiger partial charge in [-0.3, -0.25) is 9.59 Å². The highest BCUT2D eigenvalue weighted by molar-refractivity contribution is 5.90. The largest absolute Gasteiger partial charge is 0.480 e. The van der Waals surface area contributed by atoms with Gasteiger partial charge >= 0.3 is 6.18 Å². The van der Waals surface area contributed by atoms with Gasteiger partial charge in [0.2, 0.25) is 11.8 Å². The summed E-state index contributed by atoms with van der Waals surface area (Å²) in [6.07, 6.45) is -2.10. The SMILES string of the molecule is COc1nccc2[nH]c(=O)c(CC(=O)N[C@H](C)c3ncc(C#N)cn3)c(C(F)(F)F)c12. The van der Waals surface area contributed by atoms with Crippen LogP contribution in [-0.4, -0.2) is 33.0 Å². The number of fused-ring (bicyclic) bond motifs is 1. The van der Waals surface area contributed by atoms with Crippen LogP contribution in [-0.2, 0) is 17.4 Å². The third kappa shape index (κ3) is 4.45. The number of halogens is 3. The fourth-order valence-corrected chi connectivity index (χ4v) is 3.02. The van der Waals surface area contributed by atoms with E-state index in [0.29, 0.717) is 0 Å². The van der Waals surface area contributed by atoms with E-state index >= 15 is 0 Å². The third-order valence-electron chi connectivity index (χ3n) is 4.37. The fraction of sp³-hybridized carbons (Fsp3) is 0.263. The standard InChI is InChI=1S/C19H15F3N6O3/c1-9(16-25-7-10(6-23)8-26-16)27-13(29)5-11-15(19(20,21)22)14-12(28-17(11)30)3-4-24-18(14)31-2/h3-4,7-9H,5H2,1-2H3,(H,27,29)(H,28,30)/t9-/m1/s1. The highest BCUT2D eigenvalue weighted by Gasteiger charge is 2.39. The molecule has 0 aromatic carbocycles. The third-order valence-corrected chi connectivity index (χ3v) is 4.37. The van der Waals surface area contributed by atoms with Crippen molar-refractivity contribution in [3.8, 4) is 11.9 Å². The first-order valence-electron chi connectivity index (χ1n) is 8.82. The summed E-state index contributed by atoms with van der Waals surface area (Å²) >= 11 is 0. The zero-order chi connectivity index (χ0) is 22.8. The molecule has 0 radical (unpaired) electrons. The van der Waals surface area contributed by atoms with Crippen molar-refractivity contribution in [1.29, 1.82) is 5.26 Å². The Balaban J connectivity index is 1.98. The number of rotatable bonds is 5. The van der Waals surface area contributed by atoms with Crippen molar-refractivity contribution >= 4 is 16.8 Å². The van der Waals surface area contributed by atoms with Crippen molar-refractivity contribution in [3.63, 3.8) is 0 Å². The second kappa shape index (κ2) is 8.39. The molecule has 0 saturated heterocycles. The number of aromatic amines is 1. The Morgan fingerprint density at radius 1 is 1.32 bits per heavy atom. The molecule has 0 unspecified atom stereocenters.